The van der Waals surface area contributed by atoms with E-state index in [0.717, 1.165) is 4.73 Å². The number of fused-ring (bicyclic) bond motifs is 1. The quantitative estimate of drug-likeness (QED) is 0.725. The summed E-state index contributed by atoms with van der Waals surface area (Å²) in [4.78, 5) is 19.7. The van der Waals surface area contributed by atoms with Crippen LogP contribution in [-0.2, 0) is 9.19 Å². The summed E-state index contributed by atoms with van der Waals surface area (Å²) in [6, 6.07) is -0.101. The molecule has 6 heterocycles. The van der Waals surface area contributed by atoms with Crippen LogP contribution in [0, 0.1) is 0 Å². The number of aromatic nitrogens is 4. The molecule has 4 aliphatic rings. The predicted octanol–water partition coefficient (Wildman–Crippen LogP) is 0.00530. The van der Waals surface area contributed by atoms with Crippen molar-refractivity contribution in [2.75, 3.05) is 11.7 Å². The number of nitrogens with one attached hydrogen (secondary N) is 1. The molecule has 0 amide bonds. The Kier molecular flexibility index (Phi) is 1.70. The zero-order valence-corrected chi connectivity index (χ0v) is 10.4. The topological polar surface area (TPSA) is 110 Å². The lowest BCUT2D eigenvalue weighted by Gasteiger charge is -2.09. The van der Waals surface area contributed by atoms with Gasteiger partial charge in [-0.3, -0.25) is 9.42 Å². The Hall–Kier alpha value is -1.71. The molecule has 1 N–H and O–H groups in total. The molecule has 1 unspecified atom stereocenters. The molecule has 0 radical (unpaired) electrons. The van der Waals surface area contributed by atoms with Gasteiger partial charge in [0.05, 0.1) is 0 Å². The van der Waals surface area contributed by atoms with Gasteiger partial charge < -0.3 is 4.52 Å². The van der Waals surface area contributed by atoms with E-state index in [2.05, 4.69) is 15.4 Å². The molecule has 0 saturated carbocycles. The summed E-state index contributed by atoms with van der Waals surface area (Å²) in [5.41, 5.74) is 2.05. The molecular formula is C6H4N5O5PS. The van der Waals surface area contributed by atoms with Crippen LogP contribution >= 0.6 is 19.8 Å². The first kappa shape index (κ1) is 10.2. The van der Waals surface area contributed by atoms with Gasteiger partial charge in [0.2, 0.25) is 5.95 Å². The van der Waals surface area contributed by atoms with Gasteiger partial charge >= 0.3 is 19.4 Å². The summed E-state index contributed by atoms with van der Waals surface area (Å²) in [5, 5.41) is 0. The molecule has 1 atom stereocenters. The first-order chi connectivity index (χ1) is 8.61. The Morgan fingerprint density at radius 1 is 1.44 bits per heavy atom. The van der Waals surface area contributed by atoms with Crippen molar-refractivity contribution in [2.45, 2.75) is 0 Å². The number of hydrogen-bond acceptors (Lipinski definition) is 9. The minimum atomic E-state index is -3.85. The highest BCUT2D eigenvalue weighted by Crippen LogP contribution is 2.52. The van der Waals surface area contributed by atoms with Gasteiger partial charge in [-0.25, -0.2) is 14.0 Å². The van der Waals surface area contributed by atoms with E-state index in [-0.39, 0.29) is 23.1 Å². The summed E-state index contributed by atoms with van der Waals surface area (Å²) >= 11 is 1.24. The second-order valence-electron chi connectivity index (χ2n) is 3.39. The molecule has 0 aliphatic carbocycles. The van der Waals surface area contributed by atoms with Crippen molar-refractivity contribution < 1.29 is 18.3 Å². The predicted molar refractivity (Wildman–Crippen MR) is 60.2 cm³/mol. The maximum atomic E-state index is 12.0. The largest absolute Gasteiger partial charge is 0.632 e. The number of imidazole rings is 1. The maximum Gasteiger partial charge on any atom is 0.632 e. The van der Waals surface area contributed by atoms with Gasteiger partial charge in [-0.2, -0.15) is 9.97 Å². The van der Waals surface area contributed by atoms with Crippen LogP contribution in [0.1, 0.15) is 0 Å². The molecule has 12 heteroatoms. The van der Waals surface area contributed by atoms with E-state index in [0.29, 0.717) is 0 Å². The fourth-order valence-electron chi connectivity index (χ4n) is 1.71. The van der Waals surface area contributed by atoms with Crippen molar-refractivity contribution >= 4 is 36.9 Å². The van der Waals surface area contributed by atoms with Gasteiger partial charge in [0.1, 0.15) is 0 Å². The molecule has 0 spiro atoms. The standard InChI is InChI=1S/C6H4N5O5PS/c1-18-11-3-2-4(12)8-5(11)9-15-17(13)14-6(7-3)10(2)16-17/h1H3,(H,8,9,12). The van der Waals surface area contributed by atoms with Gasteiger partial charge in [-0.05, 0) is 11.9 Å². The minimum absolute atomic E-state index is 0.0492. The van der Waals surface area contributed by atoms with Crippen molar-refractivity contribution in [3.63, 3.8) is 0 Å². The first-order valence-electron chi connectivity index (χ1n) is 4.65. The molecule has 4 aliphatic heterocycles. The van der Waals surface area contributed by atoms with Crippen LogP contribution < -0.4 is 20.2 Å². The number of hydrogen-bond donors (Lipinski definition) is 1. The fraction of sp³-hybridized carbons (Fsp3) is 0.167. The van der Waals surface area contributed by atoms with E-state index in [9.17, 15) is 9.36 Å². The summed E-state index contributed by atoms with van der Waals surface area (Å²) < 4.78 is 29.2. The second kappa shape index (κ2) is 2.99. The van der Waals surface area contributed by atoms with Crippen molar-refractivity contribution in [3.05, 3.63) is 10.4 Å². The normalized spacial score (nSPS) is 23.6. The summed E-state index contributed by atoms with van der Waals surface area (Å²) in [6.07, 6.45) is 1.76. The summed E-state index contributed by atoms with van der Waals surface area (Å²) in [5.74, 6) is 0.0624. The van der Waals surface area contributed by atoms with E-state index >= 15 is 0 Å². The highest BCUT2D eigenvalue weighted by atomic mass is 32.2. The van der Waals surface area contributed by atoms with Gasteiger partial charge in [-0.1, -0.05) is 0 Å². The Bertz CT molecular complexity index is 798. The molecule has 6 bridgehead atoms. The average Bonchev–Trinajstić information content (AvgIpc) is 2.82. The van der Waals surface area contributed by atoms with Gasteiger partial charge in [0.15, 0.2) is 11.2 Å². The maximum absolute atomic E-state index is 12.0. The zero-order chi connectivity index (χ0) is 12.5. The molecule has 0 aromatic carbocycles. The lowest BCUT2D eigenvalue weighted by molar-refractivity contribution is 0.220. The van der Waals surface area contributed by atoms with E-state index in [4.69, 9.17) is 13.8 Å². The van der Waals surface area contributed by atoms with Gasteiger partial charge in [0.25, 0.3) is 0 Å². The number of phosphoric acid groups is 1. The lowest BCUT2D eigenvalue weighted by Crippen LogP contribution is -2.17. The van der Waals surface area contributed by atoms with Crippen molar-refractivity contribution in [2.24, 2.45) is 0 Å². The molecular weight excluding hydrogens is 285 g/mol. The van der Waals surface area contributed by atoms with Crippen molar-refractivity contribution in [1.29, 1.82) is 0 Å². The van der Waals surface area contributed by atoms with Gasteiger partial charge in [-0.15, -0.1) is 9.35 Å². The molecule has 6 rings (SSSR count). The molecule has 2 aromatic rings. The zero-order valence-electron chi connectivity index (χ0n) is 8.69. The van der Waals surface area contributed by atoms with E-state index < -0.39 is 13.4 Å². The third-order valence-corrected chi connectivity index (χ3v) is 4.17. The third-order valence-electron chi connectivity index (χ3n) is 2.39. The molecule has 0 fully saturated rings. The van der Waals surface area contributed by atoms with Crippen LogP contribution in [0.2, 0.25) is 0 Å². The minimum Gasteiger partial charge on any atom is -0.355 e. The Morgan fingerprint density at radius 2 is 2.28 bits per heavy atom. The fourth-order valence-corrected chi connectivity index (χ4v) is 3.23. The number of nitrogens with zero attached hydrogens (tertiary/aromatic N) is 4. The second-order valence-corrected chi connectivity index (χ2v) is 5.55. The van der Waals surface area contributed by atoms with E-state index in [1.807, 2.05) is 0 Å². The SMILES string of the molecule is CSn1c2nc(=O)c3c1nc1n3OP(=O)(ON2)O1. The molecule has 2 aromatic heterocycles. The van der Waals surface area contributed by atoms with Crippen LogP contribution in [0.5, 0.6) is 6.01 Å². The Balaban J connectivity index is 2.25. The highest BCUT2D eigenvalue weighted by Gasteiger charge is 2.45. The smallest absolute Gasteiger partial charge is 0.355 e. The molecule has 0 saturated heterocycles. The van der Waals surface area contributed by atoms with E-state index in [1.54, 1.807) is 6.26 Å². The van der Waals surface area contributed by atoms with E-state index in [1.165, 1.54) is 15.9 Å². The summed E-state index contributed by atoms with van der Waals surface area (Å²) in [6.45, 7) is 0. The third kappa shape index (κ3) is 1.08. The number of anilines is 1. The van der Waals surface area contributed by atoms with Crippen molar-refractivity contribution in [1.82, 2.24) is 18.7 Å². The van der Waals surface area contributed by atoms with Crippen LogP contribution in [-0.4, -0.2) is 24.9 Å². The van der Waals surface area contributed by atoms with Crippen LogP contribution in [0.25, 0.3) is 11.2 Å². The van der Waals surface area contributed by atoms with Crippen molar-refractivity contribution in [3.8, 4) is 6.01 Å². The molecule has 10 nitrogen and oxygen atoms in total. The Labute approximate surface area is 103 Å². The molecule has 94 valence electrons. The van der Waals surface area contributed by atoms with Crippen LogP contribution in [0.3, 0.4) is 0 Å². The monoisotopic (exact) mass is 289 g/mol. The Morgan fingerprint density at radius 3 is 3.06 bits per heavy atom. The summed E-state index contributed by atoms with van der Waals surface area (Å²) in [7, 11) is -3.85. The van der Waals surface area contributed by atoms with Crippen LogP contribution in [0.4, 0.5) is 5.95 Å². The number of rotatable bonds is 1. The lowest BCUT2D eigenvalue weighted by atomic mass is 10.5. The first-order valence-corrected chi connectivity index (χ1v) is 7.30. The average molecular weight is 289 g/mol. The molecule has 18 heavy (non-hydrogen) atoms. The van der Waals surface area contributed by atoms with Crippen LogP contribution in [0.15, 0.2) is 4.79 Å². The van der Waals surface area contributed by atoms with Gasteiger partial charge in [0, 0.05) is 6.26 Å². The highest BCUT2D eigenvalue weighted by molar-refractivity contribution is 7.97.